The first kappa shape index (κ1) is 23.3. The molecule has 2 heterocycles. The van der Waals surface area contributed by atoms with Gasteiger partial charge in [-0.1, -0.05) is 11.6 Å². The monoisotopic (exact) mass is 491 g/mol. The van der Waals surface area contributed by atoms with Crippen LogP contribution in [-0.2, 0) is 17.5 Å². The third kappa shape index (κ3) is 4.60. The smallest absolute Gasteiger partial charge is 0.416 e. The van der Waals surface area contributed by atoms with Gasteiger partial charge in [0.2, 0.25) is 5.91 Å². The molecule has 1 amide bonds. The minimum atomic E-state index is -4.60. The molecule has 4 rings (SSSR count). The van der Waals surface area contributed by atoms with Gasteiger partial charge in [-0.2, -0.15) is 13.2 Å². The number of anilines is 1. The van der Waals surface area contributed by atoms with Crippen molar-refractivity contribution in [2.24, 2.45) is 0 Å². The Labute approximate surface area is 195 Å². The number of amides is 1. The lowest BCUT2D eigenvalue weighted by Crippen LogP contribution is -2.29. The number of ether oxygens (including phenoxy) is 1. The minimum Gasteiger partial charge on any atom is -0.497 e. The Hall–Kier alpha value is -3.86. The van der Waals surface area contributed by atoms with Gasteiger partial charge in [0, 0.05) is 11.6 Å². The standard InChI is InChI=1S/C22H17ClF3N5O3/c1-12-27-17(13-3-6-15(34-2)7-4-13)10-19-29-30(21(33)31(12)19)11-20(32)28-18-9-14(22(24,25)26)5-8-16(18)23/h3-10H,11H2,1-2H3,(H,28,32). The number of hydrogen-bond donors (Lipinski definition) is 1. The molecule has 0 aliphatic carbocycles. The lowest BCUT2D eigenvalue weighted by atomic mass is 10.1. The van der Waals surface area contributed by atoms with E-state index < -0.39 is 29.9 Å². The second-order valence-corrected chi connectivity index (χ2v) is 7.70. The van der Waals surface area contributed by atoms with Crippen molar-refractivity contribution in [3.05, 3.63) is 75.4 Å². The predicted octanol–water partition coefficient (Wildman–Crippen LogP) is 4.19. The van der Waals surface area contributed by atoms with Gasteiger partial charge in [-0.25, -0.2) is 18.9 Å². The summed E-state index contributed by atoms with van der Waals surface area (Å²) in [5, 5.41) is 6.40. The number of hydrogen-bond acceptors (Lipinski definition) is 5. The summed E-state index contributed by atoms with van der Waals surface area (Å²) in [5.41, 5.74) is -0.224. The van der Waals surface area contributed by atoms with Crippen LogP contribution in [0.2, 0.25) is 5.02 Å². The van der Waals surface area contributed by atoms with Crippen molar-refractivity contribution in [2.45, 2.75) is 19.6 Å². The molecule has 8 nitrogen and oxygen atoms in total. The largest absolute Gasteiger partial charge is 0.497 e. The van der Waals surface area contributed by atoms with Gasteiger partial charge in [0.25, 0.3) is 0 Å². The van der Waals surface area contributed by atoms with Crippen LogP contribution in [0.1, 0.15) is 11.4 Å². The third-order valence-corrected chi connectivity index (χ3v) is 5.31. The van der Waals surface area contributed by atoms with Crippen LogP contribution < -0.4 is 15.7 Å². The normalized spacial score (nSPS) is 11.6. The average Bonchev–Trinajstić information content (AvgIpc) is 3.09. The number of halogens is 4. The van der Waals surface area contributed by atoms with E-state index in [1.54, 1.807) is 44.4 Å². The predicted molar refractivity (Wildman–Crippen MR) is 119 cm³/mol. The second kappa shape index (κ2) is 8.82. The maximum Gasteiger partial charge on any atom is 0.416 e. The van der Waals surface area contributed by atoms with Gasteiger partial charge in [-0.3, -0.25) is 4.79 Å². The molecule has 2 aromatic carbocycles. The fourth-order valence-electron chi connectivity index (χ4n) is 3.34. The number of nitrogens with one attached hydrogen (secondary N) is 1. The van der Waals surface area contributed by atoms with Crippen molar-refractivity contribution >= 4 is 28.8 Å². The van der Waals surface area contributed by atoms with E-state index in [0.29, 0.717) is 17.3 Å². The molecule has 0 radical (unpaired) electrons. The summed E-state index contributed by atoms with van der Waals surface area (Å²) in [6, 6.07) is 11.3. The molecule has 34 heavy (non-hydrogen) atoms. The zero-order chi connectivity index (χ0) is 24.6. The molecule has 0 saturated carbocycles. The lowest BCUT2D eigenvalue weighted by Gasteiger charge is -2.11. The fourth-order valence-corrected chi connectivity index (χ4v) is 3.50. The Morgan fingerprint density at radius 2 is 1.85 bits per heavy atom. The van der Waals surface area contributed by atoms with E-state index in [1.807, 2.05) is 0 Å². The molecule has 4 aromatic rings. The number of rotatable bonds is 5. The number of fused-ring (bicyclic) bond motifs is 1. The summed E-state index contributed by atoms with van der Waals surface area (Å²) in [5.74, 6) is 0.252. The first-order valence-electron chi connectivity index (χ1n) is 9.85. The van der Waals surface area contributed by atoms with E-state index in [1.165, 1.54) is 4.40 Å². The van der Waals surface area contributed by atoms with E-state index >= 15 is 0 Å². The SMILES string of the molecule is COc1ccc(-c2cc3nn(CC(=O)Nc4cc(C(F)(F)F)ccc4Cl)c(=O)n3c(C)n2)cc1. The Morgan fingerprint density at radius 1 is 1.15 bits per heavy atom. The molecule has 176 valence electrons. The van der Waals surface area contributed by atoms with Crippen LogP contribution in [0.4, 0.5) is 18.9 Å². The van der Waals surface area contributed by atoms with Gasteiger partial charge in [0.05, 0.1) is 29.1 Å². The number of carbonyl (C=O) groups excluding carboxylic acids is 1. The zero-order valence-corrected chi connectivity index (χ0v) is 18.6. The zero-order valence-electron chi connectivity index (χ0n) is 17.9. The summed E-state index contributed by atoms with van der Waals surface area (Å²) >= 11 is 5.92. The fraction of sp³-hybridized carbons (Fsp3) is 0.182. The molecular weight excluding hydrogens is 475 g/mol. The maximum atomic E-state index is 13.0. The third-order valence-electron chi connectivity index (χ3n) is 4.98. The first-order chi connectivity index (χ1) is 16.1. The molecule has 12 heteroatoms. The number of benzene rings is 2. The highest BCUT2D eigenvalue weighted by Crippen LogP contribution is 2.33. The van der Waals surface area contributed by atoms with Gasteiger partial charge in [-0.05, 0) is 49.4 Å². The summed E-state index contributed by atoms with van der Waals surface area (Å²) < 4.78 is 46.2. The number of aryl methyl sites for hydroxylation is 1. The molecular formula is C22H17ClF3N5O3. The van der Waals surface area contributed by atoms with Crippen LogP contribution in [0, 0.1) is 6.92 Å². The van der Waals surface area contributed by atoms with Crippen LogP contribution in [-0.4, -0.2) is 32.2 Å². The molecule has 0 fully saturated rings. The second-order valence-electron chi connectivity index (χ2n) is 7.29. The molecule has 1 N–H and O–H groups in total. The van der Waals surface area contributed by atoms with Crippen molar-refractivity contribution in [1.82, 2.24) is 19.2 Å². The van der Waals surface area contributed by atoms with Gasteiger partial charge in [0.1, 0.15) is 18.1 Å². The van der Waals surface area contributed by atoms with E-state index in [9.17, 15) is 22.8 Å². The average molecular weight is 492 g/mol. The van der Waals surface area contributed by atoms with Gasteiger partial charge in [-0.15, -0.1) is 5.10 Å². The quantitative estimate of drug-likeness (QED) is 0.452. The molecule has 0 spiro atoms. The van der Waals surface area contributed by atoms with Gasteiger partial charge < -0.3 is 10.1 Å². The van der Waals surface area contributed by atoms with Crippen LogP contribution in [0.15, 0.2) is 53.3 Å². The number of methoxy groups -OCH3 is 1. The Kier molecular flexibility index (Phi) is 6.05. The lowest BCUT2D eigenvalue weighted by molar-refractivity contribution is -0.137. The van der Waals surface area contributed by atoms with Crippen LogP contribution in [0.5, 0.6) is 5.75 Å². The first-order valence-corrected chi connectivity index (χ1v) is 10.2. The van der Waals surface area contributed by atoms with Crippen LogP contribution in [0.3, 0.4) is 0 Å². The van der Waals surface area contributed by atoms with Gasteiger partial charge in [0.15, 0.2) is 5.65 Å². The van der Waals surface area contributed by atoms with Crippen LogP contribution >= 0.6 is 11.6 Å². The Morgan fingerprint density at radius 3 is 2.50 bits per heavy atom. The summed E-state index contributed by atoms with van der Waals surface area (Å²) in [6.07, 6.45) is -4.60. The molecule has 0 atom stereocenters. The highest BCUT2D eigenvalue weighted by Gasteiger charge is 2.31. The Balaban J connectivity index is 1.61. The van der Waals surface area contributed by atoms with E-state index in [0.717, 1.165) is 28.4 Å². The Bertz CT molecular complexity index is 1450. The summed E-state index contributed by atoms with van der Waals surface area (Å²) in [4.78, 5) is 29.7. The number of nitrogens with zero attached hydrogens (tertiary/aromatic N) is 4. The van der Waals surface area contributed by atoms with Crippen molar-refractivity contribution in [2.75, 3.05) is 12.4 Å². The van der Waals surface area contributed by atoms with Gasteiger partial charge >= 0.3 is 11.9 Å². The molecule has 0 bridgehead atoms. The molecule has 0 aliphatic heterocycles. The maximum absolute atomic E-state index is 13.0. The number of alkyl halides is 3. The highest BCUT2D eigenvalue weighted by atomic mass is 35.5. The van der Waals surface area contributed by atoms with E-state index in [-0.39, 0.29) is 16.4 Å². The van der Waals surface area contributed by atoms with Crippen LogP contribution in [0.25, 0.3) is 16.9 Å². The number of aromatic nitrogens is 4. The molecule has 0 unspecified atom stereocenters. The van der Waals surface area contributed by atoms with Crippen molar-refractivity contribution in [1.29, 1.82) is 0 Å². The summed E-state index contributed by atoms with van der Waals surface area (Å²) in [7, 11) is 1.56. The highest BCUT2D eigenvalue weighted by molar-refractivity contribution is 6.33. The minimum absolute atomic E-state index is 0.0760. The molecule has 0 saturated heterocycles. The number of carbonyl (C=O) groups is 1. The summed E-state index contributed by atoms with van der Waals surface area (Å²) in [6.45, 7) is 1.08. The molecule has 0 aliphatic rings. The van der Waals surface area contributed by atoms with Crippen molar-refractivity contribution < 1.29 is 22.7 Å². The van der Waals surface area contributed by atoms with E-state index in [4.69, 9.17) is 16.3 Å². The van der Waals surface area contributed by atoms with Crippen molar-refractivity contribution in [3.8, 4) is 17.0 Å². The molecule has 2 aromatic heterocycles. The van der Waals surface area contributed by atoms with Crippen molar-refractivity contribution in [3.63, 3.8) is 0 Å². The topological polar surface area (TPSA) is 90.5 Å². The van der Waals surface area contributed by atoms with E-state index in [2.05, 4.69) is 15.4 Å².